The van der Waals surface area contributed by atoms with Crippen LogP contribution in [0.25, 0.3) is 0 Å². The van der Waals surface area contributed by atoms with E-state index in [1.54, 1.807) is 0 Å². The fraction of sp³-hybridized carbons (Fsp3) is 0.600. The first-order valence-corrected chi connectivity index (χ1v) is 13.6. The van der Waals surface area contributed by atoms with Crippen LogP contribution in [-0.2, 0) is 44.3 Å². The zero-order chi connectivity index (χ0) is 30.7. The Labute approximate surface area is 288 Å². The van der Waals surface area contributed by atoms with Gasteiger partial charge in [0.05, 0.1) is 13.1 Å². The summed E-state index contributed by atoms with van der Waals surface area (Å²) in [7, 11) is -2.08. The smallest absolute Gasteiger partial charge is 0.805 e. The quantitative estimate of drug-likeness (QED) is 0.271. The van der Waals surface area contributed by atoms with Gasteiger partial charge in [-0.3, -0.25) is 0 Å². The Morgan fingerprint density at radius 2 is 0.927 bits per heavy atom. The van der Waals surface area contributed by atoms with Crippen LogP contribution in [0.3, 0.4) is 0 Å². The van der Waals surface area contributed by atoms with Gasteiger partial charge in [0.2, 0.25) is 0 Å². The predicted molar refractivity (Wildman–Crippen MR) is 156 cm³/mol. The number of benzene rings is 2. The summed E-state index contributed by atoms with van der Waals surface area (Å²) in [4.78, 5) is 0. The third-order valence-corrected chi connectivity index (χ3v) is 6.59. The van der Waals surface area contributed by atoms with Gasteiger partial charge in [0, 0.05) is 21.7 Å². The molecular weight excluding hydrogens is 546 g/mol. The van der Waals surface area contributed by atoms with Gasteiger partial charge in [0.1, 0.15) is 11.5 Å². The molecule has 0 saturated carbocycles. The molecule has 2 N–H and O–H groups in total. The van der Waals surface area contributed by atoms with Crippen LogP contribution >= 0.6 is 0 Å². The Balaban J connectivity index is 0.00000840. The van der Waals surface area contributed by atoms with E-state index >= 15 is 0 Å². The second-order valence-corrected chi connectivity index (χ2v) is 14.3. The van der Waals surface area contributed by atoms with Gasteiger partial charge < -0.3 is 24.7 Å². The zero-order valence-electron chi connectivity index (χ0n) is 27.2. The van der Waals surface area contributed by atoms with Crippen LogP contribution in [0, 0.1) is 0 Å². The van der Waals surface area contributed by atoms with Crippen LogP contribution < -0.4 is 56.4 Å². The Hall–Kier alpha value is -1.50. The first kappa shape index (κ1) is 37.5. The van der Waals surface area contributed by atoms with E-state index in [1.807, 2.05) is 65.8 Å². The number of nitrogens with zero attached hydrogens (tertiary/aromatic N) is 4. The topological polar surface area (TPSA) is 131 Å². The van der Waals surface area contributed by atoms with Crippen molar-refractivity contribution in [1.29, 1.82) is 0 Å². The number of aromatic hydroxyl groups is 2. The summed E-state index contributed by atoms with van der Waals surface area (Å²) in [6, 6.07) is 7.81. The van der Waals surface area contributed by atoms with Gasteiger partial charge in [-0.2, -0.15) is 10.2 Å². The summed E-state index contributed by atoms with van der Waals surface area (Å²) in [5.74, 6) is 0.299. The van der Waals surface area contributed by atoms with Crippen molar-refractivity contribution in [3.63, 3.8) is 0 Å². The molecule has 0 aromatic heterocycles. The minimum atomic E-state index is -2.08. The molecule has 11 heteroatoms. The van der Waals surface area contributed by atoms with Gasteiger partial charge in [-0.25, -0.2) is 0 Å². The summed E-state index contributed by atoms with van der Waals surface area (Å²) >= 11 is 0. The fourth-order valence-corrected chi connectivity index (χ4v) is 4.01. The number of hydrogen-bond donors (Lipinski definition) is 2. The molecular formula is C30H46BKN4O5. The molecule has 2 aromatic carbocycles. The SMILES string of the molecule is CC(C)(C)c1cc(C/N=N/OB([O-])O/N=N/Cc2cc(C(C)(C)C)cc(C(C)(C)C)c2O)c(O)c(C(C)(C)C)c1.[K+]. The standard InChI is InChI=1S/C30H46BN4O5.K/c1-27(2,3)21-13-19(25(36)23(15-21)29(7,8)9)17-32-34-39-31(38)40-35-33-18-20-14-22(28(4,5)6)16-24(26(20)37)30(10,11)12;/h13-16,36-37H,17-18H2,1-12H3;/q-1;+1/b34-32+,35-33+;. The van der Waals surface area contributed by atoms with Gasteiger partial charge >= 0.3 is 58.7 Å². The summed E-state index contributed by atoms with van der Waals surface area (Å²) in [6.45, 7) is 24.8. The average Bonchev–Trinajstić information content (AvgIpc) is 2.78. The van der Waals surface area contributed by atoms with Crippen molar-refractivity contribution < 1.29 is 76.1 Å². The third-order valence-electron chi connectivity index (χ3n) is 6.59. The molecule has 0 heterocycles. The molecule has 0 atom stereocenters. The molecule has 0 radical (unpaired) electrons. The second kappa shape index (κ2) is 14.3. The second-order valence-electron chi connectivity index (χ2n) is 14.3. The predicted octanol–water partition coefficient (Wildman–Crippen LogP) is 4.10. The molecule has 0 aliphatic rings. The third kappa shape index (κ3) is 10.9. The van der Waals surface area contributed by atoms with Crippen LogP contribution in [-0.4, -0.2) is 17.5 Å². The fourth-order valence-electron chi connectivity index (χ4n) is 4.01. The van der Waals surface area contributed by atoms with Crippen molar-refractivity contribution >= 4 is 7.32 Å². The Bertz CT molecular complexity index is 1140. The molecule has 0 spiro atoms. The van der Waals surface area contributed by atoms with Crippen molar-refractivity contribution in [3.8, 4) is 11.5 Å². The van der Waals surface area contributed by atoms with E-state index in [0.29, 0.717) is 11.1 Å². The molecule has 0 unspecified atom stereocenters. The number of phenolic OH excluding ortho intramolecular Hbond substituents is 2. The van der Waals surface area contributed by atoms with Crippen molar-refractivity contribution in [1.82, 2.24) is 0 Å². The molecule has 0 bridgehead atoms. The van der Waals surface area contributed by atoms with E-state index in [2.05, 4.69) is 62.3 Å². The molecule has 41 heavy (non-hydrogen) atoms. The minimum Gasteiger partial charge on any atom is -0.805 e. The van der Waals surface area contributed by atoms with Crippen LogP contribution in [0.2, 0.25) is 0 Å². The first-order valence-electron chi connectivity index (χ1n) is 13.6. The maximum atomic E-state index is 12.0. The first-order chi connectivity index (χ1) is 18.1. The van der Waals surface area contributed by atoms with Gasteiger partial charge in [0.25, 0.3) is 0 Å². The van der Waals surface area contributed by atoms with E-state index in [0.717, 1.165) is 22.3 Å². The molecule has 0 aliphatic heterocycles. The number of hydrogen-bond acceptors (Lipinski definition) is 9. The minimum absolute atomic E-state index is 0. The van der Waals surface area contributed by atoms with Gasteiger partial charge in [-0.1, -0.05) is 95.2 Å². The van der Waals surface area contributed by atoms with E-state index in [-0.39, 0.29) is 97.6 Å². The van der Waals surface area contributed by atoms with Crippen LogP contribution in [0.1, 0.15) is 116 Å². The molecule has 0 amide bonds. The molecule has 0 saturated heterocycles. The van der Waals surface area contributed by atoms with Crippen molar-refractivity contribution in [3.05, 3.63) is 57.6 Å². The van der Waals surface area contributed by atoms with Gasteiger partial charge in [-0.15, -0.1) is 0 Å². The summed E-state index contributed by atoms with van der Waals surface area (Å²) < 4.78 is 9.40. The summed E-state index contributed by atoms with van der Waals surface area (Å²) in [5, 5.41) is 48.3. The average molecular weight is 593 g/mol. The molecule has 220 valence electrons. The van der Waals surface area contributed by atoms with Crippen LogP contribution in [0.4, 0.5) is 0 Å². The normalized spacial score (nSPS) is 13.0. The maximum absolute atomic E-state index is 12.0. The monoisotopic (exact) mass is 592 g/mol. The molecule has 2 aromatic rings. The Kier molecular flexibility index (Phi) is 13.1. The van der Waals surface area contributed by atoms with E-state index < -0.39 is 7.32 Å². The van der Waals surface area contributed by atoms with E-state index in [9.17, 15) is 15.2 Å². The van der Waals surface area contributed by atoms with E-state index in [1.165, 1.54) is 0 Å². The van der Waals surface area contributed by atoms with Crippen LogP contribution in [0.15, 0.2) is 45.0 Å². The maximum Gasteiger partial charge on any atom is 1.00 e. The molecule has 0 aliphatic carbocycles. The van der Waals surface area contributed by atoms with Crippen molar-refractivity contribution in [2.75, 3.05) is 0 Å². The van der Waals surface area contributed by atoms with Gasteiger partial charge in [0.15, 0.2) is 0 Å². The summed E-state index contributed by atoms with van der Waals surface area (Å²) in [6.07, 6.45) is 0. The zero-order valence-corrected chi connectivity index (χ0v) is 30.3. The van der Waals surface area contributed by atoms with Crippen LogP contribution in [0.5, 0.6) is 11.5 Å². The van der Waals surface area contributed by atoms with E-state index in [4.69, 9.17) is 9.51 Å². The molecule has 0 fully saturated rings. The Morgan fingerprint density at radius 3 is 1.20 bits per heavy atom. The van der Waals surface area contributed by atoms with Crippen molar-refractivity contribution in [2.24, 2.45) is 20.8 Å². The number of rotatable bonds is 8. The largest absolute Gasteiger partial charge is 1.00 e. The summed E-state index contributed by atoms with van der Waals surface area (Å²) in [5.41, 5.74) is 4.09. The number of phenols is 2. The van der Waals surface area contributed by atoms with Crippen molar-refractivity contribution in [2.45, 2.75) is 118 Å². The molecule has 9 nitrogen and oxygen atoms in total. The van der Waals surface area contributed by atoms with Gasteiger partial charge in [-0.05, 0) is 56.0 Å². The molecule has 2 rings (SSSR count). The Morgan fingerprint density at radius 1 is 0.610 bits per heavy atom.